The maximum absolute atomic E-state index is 12.5. The lowest BCUT2D eigenvalue weighted by Crippen LogP contribution is -2.12. The van der Waals surface area contributed by atoms with E-state index in [-0.39, 0.29) is 11.2 Å². The molecule has 1 aliphatic carbocycles. The third kappa shape index (κ3) is 2.33. The second-order valence-corrected chi connectivity index (χ2v) is 3.31. The van der Waals surface area contributed by atoms with Crippen molar-refractivity contribution in [2.75, 3.05) is 0 Å². The maximum Gasteiger partial charge on any atom is 0.120 e. The topological polar surface area (TPSA) is 0 Å². The highest BCUT2D eigenvalue weighted by Crippen LogP contribution is 2.25. The Kier molecular flexibility index (Phi) is 3.13. The molecule has 0 aromatic heterocycles. The van der Waals surface area contributed by atoms with E-state index in [1.807, 2.05) is 6.08 Å². The molecule has 0 fully saturated rings. The van der Waals surface area contributed by atoms with Gasteiger partial charge in [-0.05, 0) is 24.5 Å². The molecule has 0 radical (unpaired) electrons. The van der Waals surface area contributed by atoms with Crippen molar-refractivity contribution < 1.29 is 4.39 Å². The summed E-state index contributed by atoms with van der Waals surface area (Å²) in [6, 6.07) is 0. The SMILES string of the molecule is CCCC1C=CC(F)=CC1Cl. The molecule has 0 N–H and O–H groups in total. The normalized spacial score (nSPS) is 30.3. The average Bonchev–Trinajstić information content (AvgIpc) is 1.95. The first-order valence-corrected chi connectivity index (χ1v) is 4.37. The summed E-state index contributed by atoms with van der Waals surface area (Å²) in [7, 11) is 0. The number of alkyl halides is 1. The van der Waals surface area contributed by atoms with Crippen LogP contribution < -0.4 is 0 Å². The van der Waals surface area contributed by atoms with Gasteiger partial charge < -0.3 is 0 Å². The number of rotatable bonds is 2. The molecule has 0 amide bonds. The lowest BCUT2D eigenvalue weighted by molar-refractivity contribution is 0.563. The van der Waals surface area contributed by atoms with E-state index in [2.05, 4.69) is 6.92 Å². The van der Waals surface area contributed by atoms with Crippen molar-refractivity contribution in [3.05, 3.63) is 24.1 Å². The van der Waals surface area contributed by atoms with Crippen LogP contribution in [0.4, 0.5) is 4.39 Å². The van der Waals surface area contributed by atoms with Crippen molar-refractivity contribution in [2.24, 2.45) is 5.92 Å². The van der Waals surface area contributed by atoms with Gasteiger partial charge in [-0.15, -0.1) is 11.6 Å². The van der Waals surface area contributed by atoms with Crippen molar-refractivity contribution in [3.63, 3.8) is 0 Å². The molecule has 0 aromatic carbocycles. The first kappa shape index (κ1) is 8.79. The van der Waals surface area contributed by atoms with Gasteiger partial charge in [0.05, 0.1) is 5.38 Å². The molecule has 2 unspecified atom stereocenters. The van der Waals surface area contributed by atoms with Gasteiger partial charge in [-0.2, -0.15) is 0 Å². The number of hydrogen-bond donors (Lipinski definition) is 0. The summed E-state index contributed by atoms with van der Waals surface area (Å²) in [6.07, 6.45) is 6.96. The van der Waals surface area contributed by atoms with Crippen LogP contribution in [0.2, 0.25) is 0 Å². The van der Waals surface area contributed by atoms with Gasteiger partial charge in [-0.1, -0.05) is 19.4 Å². The quantitative estimate of drug-likeness (QED) is 0.563. The molecule has 0 aliphatic heterocycles. The highest BCUT2D eigenvalue weighted by Gasteiger charge is 2.17. The monoisotopic (exact) mass is 174 g/mol. The van der Waals surface area contributed by atoms with E-state index in [0.29, 0.717) is 5.92 Å². The zero-order chi connectivity index (χ0) is 8.27. The van der Waals surface area contributed by atoms with E-state index in [9.17, 15) is 4.39 Å². The van der Waals surface area contributed by atoms with Gasteiger partial charge in [0, 0.05) is 0 Å². The third-order valence-electron chi connectivity index (χ3n) is 1.85. The van der Waals surface area contributed by atoms with E-state index in [4.69, 9.17) is 11.6 Å². The lowest BCUT2D eigenvalue weighted by atomic mass is 9.95. The zero-order valence-electron chi connectivity index (χ0n) is 6.56. The Morgan fingerprint density at radius 1 is 1.64 bits per heavy atom. The van der Waals surface area contributed by atoms with E-state index in [1.54, 1.807) is 0 Å². The molecule has 0 saturated heterocycles. The van der Waals surface area contributed by atoms with E-state index in [1.165, 1.54) is 12.2 Å². The van der Waals surface area contributed by atoms with Gasteiger partial charge in [-0.25, -0.2) is 4.39 Å². The number of allylic oxidation sites excluding steroid dienone is 4. The fourth-order valence-corrected chi connectivity index (χ4v) is 1.57. The minimum absolute atomic E-state index is 0.153. The largest absolute Gasteiger partial charge is 0.207 e. The molecule has 11 heavy (non-hydrogen) atoms. The highest BCUT2D eigenvalue weighted by atomic mass is 35.5. The van der Waals surface area contributed by atoms with Gasteiger partial charge >= 0.3 is 0 Å². The molecule has 0 bridgehead atoms. The minimum atomic E-state index is -0.211. The molecule has 1 rings (SSSR count). The Bertz CT molecular complexity index is 184. The van der Waals surface area contributed by atoms with Gasteiger partial charge in [0.2, 0.25) is 0 Å². The van der Waals surface area contributed by atoms with Crippen LogP contribution in [0.3, 0.4) is 0 Å². The van der Waals surface area contributed by atoms with E-state index < -0.39 is 0 Å². The summed E-state index contributed by atoms with van der Waals surface area (Å²) in [5, 5.41) is -0.153. The average molecular weight is 175 g/mol. The molecule has 0 aromatic rings. The van der Waals surface area contributed by atoms with Gasteiger partial charge in [0.25, 0.3) is 0 Å². The Morgan fingerprint density at radius 3 is 2.91 bits per heavy atom. The van der Waals surface area contributed by atoms with Crippen molar-refractivity contribution in [2.45, 2.75) is 25.1 Å². The Labute approximate surface area is 71.7 Å². The van der Waals surface area contributed by atoms with Gasteiger partial charge in [-0.3, -0.25) is 0 Å². The van der Waals surface area contributed by atoms with Crippen molar-refractivity contribution >= 4 is 11.6 Å². The summed E-state index contributed by atoms with van der Waals surface area (Å²) >= 11 is 5.89. The maximum atomic E-state index is 12.5. The Morgan fingerprint density at radius 2 is 2.36 bits per heavy atom. The van der Waals surface area contributed by atoms with Crippen LogP contribution in [0.25, 0.3) is 0 Å². The van der Waals surface area contributed by atoms with Gasteiger partial charge in [0.15, 0.2) is 0 Å². The van der Waals surface area contributed by atoms with Crippen LogP contribution in [0, 0.1) is 5.92 Å². The van der Waals surface area contributed by atoms with Gasteiger partial charge in [0.1, 0.15) is 5.83 Å². The fourth-order valence-electron chi connectivity index (χ4n) is 1.24. The van der Waals surface area contributed by atoms with Crippen LogP contribution in [-0.2, 0) is 0 Å². The zero-order valence-corrected chi connectivity index (χ0v) is 7.31. The third-order valence-corrected chi connectivity index (χ3v) is 2.30. The first-order chi connectivity index (χ1) is 5.24. The first-order valence-electron chi connectivity index (χ1n) is 3.93. The van der Waals surface area contributed by atoms with Crippen molar-refractivity contribution in [3.8, 4) is 0 Å². The second kappa shape index (κ2) is 3.91. The standard InChI is InChI=1S/C9H12ClF/c1-2-3-7-4-5-8(11)6-9(7)10/h4-7,9H,2-3H2,1H3. The molecule has 0 spiro atoms. The summed E-state index contributed by atoms with van der Waals surface area (Å²) in [5.74, 6) is 0.110. The predicted octanol–water partition coefficient (Wildman–Crippen LogP) is 3.43. The molecule has 2 atom stereocenters. The summed E-state index contributed by atoms with van der Waals surface area (Å²) in [5.41, 5.74) is 0. The van der Waals surface area contributed by atoms with E-state index in [0.717, 1.165) is 12.8 Å². The molecule has 0 saturated carbocycles. The predicted molar refractivity (Wildman–Crippen MR) is 46.4 cm³/mol. The highest BCUT2D eigenvalue weighted by molar-refractivity contribution is 6.22. The summed E-state index contributed by atoms with van der Waals surface area (Å²) in [4.78, 5) is 0. The van der Waals surface area contributed by atoms with Crippen LogP contribution in [-0.4, -0.2) is 5.38 Å². The molecule has 0 nitrogen and oxygen atoms in total. The lowest BCUT2D eigenvalue weighted by Gasteiger charge is -2.17. The Balaban J connectivity index is 2.54. The smallest absolute Gasteiger partial charge is 0.120 e. The van der Waals surface area contributed by atoms with Crippen LogP contribution in [0.15, 0.2) is 24.1 Å². The molecule has 1 aliphatic rings. The molecule has 62 valence electrons. The molecule has 0 heterocycles. The van der Waals surface area contributed by atoms with Crippen molar-refractivity contribution in [1.29, 1.82) is 0 Å². The number of hydrogen-bond acceptors (Lipinski definition) is 0. The second-order valence-electron chi connectivity index (χ2n) is 2.81. The van der Waals surface area contributed by atoms with E-state index >= 15 is 0 Å². The van der Waals surface area contributed by atoms with Crippen LogP contribution in [0.5, 0.6) is 0 Å². The van der Waals surface area contributed by atoms with Crippen LogP contribution >= 0.6 is 11.6 Å². The molecule has 2 heteroatoms. The Hall–Kier alpha value is -0.300. The van der Waals surface area contributed by atoms with Crippen molar-refractivity contribution in [1.82, 2.24) is 0 Å². The minimum Gasteiger partial charge on any atom is -0.207 e. The summed E-state index contributed by atoms with van der Waals surface area (Å²) in [6.45, 7) is 2.10. The summed E-state index contributed by atoms with van der Waals surface area (Å²) < 4.78 is 12.5. The van der Waals surface area contributed by atoms with Crippen LogP contribution in [0.1, 0.15) is 19.8 Å². The number of halogens is 2. The molecular weight excluding hydrogens is 163 g/mol. The fraction of sp³-hybridized carbons (Fsp3) is 0.556. The molecular formula is C9H12ClF.